The maximum atomic E-state index is 6.20. The summed E-state index contributed by atoms with van der Waals surface area (Å²) in [5, 5.41) is 0. The average molecular weight is 249 g/mol. The Labute approximate surface area is 109 Å². The van der Waals surface area contributed by atoms with Crippen molar-refractivity contribution in [2.75, 3.05) is 13.7 Å². The molecule has 1 aromatic carbocycles. The van der Waals surface area contributed by atoms with Gasteiger partial charge in [-0.2, -0.15) is 0 Å². The first kappa shape index (κ1) is 13.2. The molecule has 1 fully saturated rings. The summed E-state index contributed by atoms with van der Waals surface area (Å²) in [5.41, 5.74) is 6.20. The summed E-state index contributed by atoms with van der Waals surface area (Å²) in [6, 6.07) is 8.01. The Balaban J connectivity index is 1.77. The molecule has 2 N–H and O–H groups in total. The summed E-state index contributed by atoms with van der Waals surface area (Å²) in [6.07, 6.45) is 6.17. The molecule has 0 amide bonds. The molecule has 3 heteroatoms. The lowest BCUT2D eigenvalue weighted by atomic mass is 9.97. The fraction of sp³-hybridized carbons (Fsp3) is 0.600. The maximum Gasteiger partial charge on any atom is 0.161 e. The SMILES string of the molecule is COc1ccccc1OCCC(N)C1CCCC1. The first-order valence-electron chi connectivity index (χ1n) is 6.82. The van der Waals surface area contributed by atoms with Crippen LogP contribution in [0.2, 0.25) is 0 Å². The first-order chi connectivity index (χ1) is 8.81. The number of methoxy groups -OCH3 is 1. The second-order valence-corrected chi connectivity index (χ2v) is 5.00. The van der Waals surface area contributed by atoms with Crippen LogP contribution in [0.5, 0.6) is 11.5 Å². The molecule has 100 valence electrons. The van der Waals surface area contributed by atoms with E-state index in [1.54, 1.807) is 7.11 Å². The minimum Gasteiger partial charge on any atom is -0.493 e. The first-order valence-corrected chi connectivity index (χ1v) is 6.82. The van der Waals surface area contributed by atoms with Crippen molar-refractivity contribution >= 4 is 0 Å². The molecule has 1 aromatic rings. The standard InChI is InChI=1S/C15H23NO2/c1-17-14-8-4-5-9-15(14)18-11-10-13(16)12-6-2-3-7-12/h4-5,8-9,12-13H,2-3,6-7,10-11,16H2,1H3. The molecule has 0 radical (unpaired) electrons. The van der Waals surface area contributed by atoms with E-state index in [4.69, 9.17) is 15.2 Å². The lowest BCUT2D eigenvalue weighted by Gasteiger charge is -2.19. The number of rotatable bonds is 6. The second kappa shape index (κ2) is 6.64. The summed E-state index contributed by atoms with van der Waals surface area (Å²) in [4.78, 5) is 0. The Bertz CT molecular complexity index is 361. The van der Waals surface area contributed by atoms with Gasteiger partial charge in [0.05, 0.1) is 13.7 Å². The molecule has 0 spiro atoms. The monoisotopic (exact) mass is 249 g/mol. The highest BCUT2D eigenvalue weighted by Gasteiger charge is 2.21. The van der Waals surface area contributed by atoms with Crippen LogP contribution in [0, 0.1) is 5.92 Å². The van der Waals surface area contributed by atoms with Gasteiger partial charge in [0.25, 0.3) is 0 Å². The lowest BCUT2D eigenvalue weighted by molar-refractivity contribution is 0.261. The lowest BCUT2D eigenvalue weighted by Crippen LogP contribution is -2.30. The van der Waals surface area contributed by atoms with E-state index < -0.39 is 0 Å². The van der Waals surface area contributed by atoms with Crippen LogP contribution in [0.3, 0.4) is 0 Å². The van der Waals surface area contributed by atoms with Gasteiger partial charge in [-0.15, -0.1) is 0 Å². The minimum atomic E-state index is 0.280. The Morgan fingerprint density at radius 3 is 2.56 bits per heavy atom. The Kier molecular flexibility index (Phi) is 4.88. The molecular weight excluding hydrogens is 226 g/mol. The predicted molar refractivity (Wildman–Crippen MR) is 73.0 cm³/mol. The van der Waals surface area contributed by atoms with Gasteiger partial charge in [0.2, 0.25) is 0 Å². The molecule has 0 bridgehead atoms. The van der Waals surface area contributed by atoms with Crippen LogP contribution in [-0.4, -0.2) is 19.8 Å². The van der Waals surface area contributed by atoms with Crippen LogP contribution in [0.1, 0.15) is 32.1 Å². The highest BCUT2D eigenvalue weighted by molar-refractivity contribution is 5.39. The molecule has 1 aliphatic carbocycles. The normalized spacial score (nSPS) is 17.7. The number of hydrogen-bond acceptors (Lipinski definition) is 3. The van der Waals surface area contributed by atoms with Crippen molar-refractivity contribution in [2.24, 2.45) is 11.7 Å². The molecular formula is C15H23NO2. The van der Waals surface area contributed by atoms with Crippen LogP contribution in [-0.2, 0) is 0 Å². The summed E-state index contributed by atoms with van der Waals surface area (Å²) in [5.74, 6) is 2.29. The van der Waals surface area contributed by atoms with E-state index in [1.165, 1.54) is 25.7 Å². The quantitative estimate of drug-likeness (QED) is 0.843. The maximum absolute atomic E-state index is 6.20. The Morgan fingerprint density at radius 1 is 1.22 bits per heavy atom. The zero-order valence-corrected chi connectivity index (χ0v) is 11.1. The smallest absolute Gasteiger partial charge is 0.161 e. The van der Waals surface area contributed by atoms with Gasteiger partial charge >= 0.3 is 0 Å². The third-order valence-corrected chi connectivity index (χ3v) is 3.78. The topological polar surface area (TPSA) is 44.5 Å². The third-order valence-electron chi connectivity index (χ3n) is 3.78. The zero-order valence-electron chi connectivity index (χ0n) is 11.1. The molecule has 1 saturated carbocycles. The summed E-state index contributed by atoms with van der Waals surface area (Å²) in [6.45, 7) is 0.665. The van der Waals surface area contributed by atoms with E-state index >= 15 is 0 Å². The van der Waals surface area contributed by atoms with Gasteiger partial charge in [-0.3, -0.25) is 0 Å². The van der Waals surface area contributed by atoms with Crippen molar-refractivity contribution in [1.29, 1.82) is 0 Å². The van der Waals surface area contributed by atoms with Crippen LogP contribution in [0.15, 0.2) is 24.3 Å². The number of ether oxygens (including phenoxy) is 2. The predicted octanol–water partition coefficient (Wildman–Crippen LogP) is 2.98. The highest BCUT2D eigenvalue weighted by atomic mass is 16.5. The summed E-state index contributed by atoms with van der Waals surface area (Å²) < 4.78 is 11.0. The van der Waals surface area contributed by atoms with Crippen LogP contribution in [0.4, 0.5) is 0 Å². The molecule has 1 unspecified atom stereocenters. The van der Waals surface area contributed by atoms with E-state index in [9.17, 15) is 0 Å². The third kappa shape index (κ3) is 3.39. The van der Waals surface area contributed by atoms with Crippen molar-refractivity contribution in [3.8, 4) is 11.5 Å². The van der Waals surface area contributed by atoms with Crippen molar-refractivity contribution in [3.63, 3.8) is 0 Å². The second-order valence-electron chi connectivity index (χ2n) is 5.00. The molecule has 18 heavy (non-hydrogen) atoms. The van der Waals surface area contributed by atoms with E-state index in [2.05, 4.69) is 0 Å². The minimum absolute atomic E-state index is 0.280. The number of hydrogen-bond donors (Lipinski definition) is 1. The molecule has 0 aliphatic heterocycles. The number of para-hydroxylation sites is 2. The fourth-order valence-corrected chi connectivity index (χ4v) is 2.66. The summed E-state index contributed by atoms with van der Waals surface area (Å²) in [7, 11) is 1.66. The largest absolute Gasteiger partial charge is 0.493 e. The molecule has 0 heterocycles. The van der Waals surface area contributed by atoms with Crippen molar-refractivity contribution in [1.82, 2.24) is 0 Å². The van der Waals surface area contributed by atoms with E-state index in [0.29, 0.717) is 12.5 Å². The van der Waals surface area contributed by atoms with Gasteiger partial charge in [-0.25, -0.2) is 0 Å². The Hall–Kier alpha value is -1.22. The number of nitrogens with two attached hydrogens (primary N) is 1. The van der Waals surface area contributed by atoms with E-state index in [0.717, 1.165) is 17.9 Å². The van der Waals surface area contributed by atoms with E-state index in [-0.39, 0.29) is 6.04 Å². The van der Waals surface area contributed by atoms with Crippen molar-refractivity contribution in [2.45, 2.75) is 38.1 Å². The van der Waals surface area contributed by atoms with Gasteiger partial charge in [-0.1, -0.05) is 25.0 Å². The van der Waals surface area contributed by atoms with Gasteiger partial charge in [0.1, 0.15) is 0 Å². The number of benzene rings is 1. The fourth-order valence-electron chi connectivity index (χ4n) is 2.66. The van der Waals surface area contributed by atoms with Crippen LogP contribution < -0.4 is 15.2 Å². The van der Waals surface area contributed by atoms with Crippen molar-refractivity contribution in [3.05, 3.63) is 24.3 Å². The van der Waals surface area contributed by atoms with Gasteiger partial charge in [-0.05, 0) is 37.3 Å². The van der Waals surface area contributed by atoms with Crippen LogP contribution in [0.25, 0.3) is 0 Å². The van der Waals surface area contributed by atoms with Crippen LogP contribution >= 0.6 is 0 Å². The molecule has 0 aromatic heterocycles. The van der Waals surface area contributed by atoms with Gasteiger partial charge < -0.3 is 15.2 Å². The van der Waals surface area contributed by atoms with E-state index in [1.807, 2.05) is 24.3 Å². The summed E-state index contributed by atoms with van der Waals surface area (Å²) >= 11 is 0. The highest BCUT2D eigenvalue weighted by Crippen LogP contribution is 2.29. The van der Waals surface area contributed by atoms with Crippen molar-refractivity contribution < 1.29 is 9.47 Å². The van der Waals surface area contributed by atoms with Gasteiger partial charge in [0.15, 0.2) is 11.5 Å². The average Bonchev–Trinajstić information content (AvgIpc) is 2.93. The molecule has 1 aliphatic rings. The molecule has 0 saturated heterocycles. The molecule has 2 rings (SSSR count). The zero-order chi connectivity index (χ0) is 12.8. The Morgan fingerprint density at radius 2 is 1.89 bits per heavy atom. The molecule has 1 atom stereocenters. The molecule has 3 nitrogen and oxygen atoms in total. The van der Waals surface area contributed by atoms with Gasteiger partial charge in [0, 0.05) is 6.04 Å².